The second-order valence-electron chi connectivity index (χ2n) is 5.79. The Bertz CT molecular complexity index is 901. The van der Waals surface area contributed by atoms with Crippen LogP contribution in [0.1, 0.15) is 28.0 Å². The number of carbonyl (C=O) groups excluding carboxylic acids is 1. The van der Waals surface area contributed by atoms with Crippen LogP contribution in [0.2, 0.25) is 0 Å². The number of amides is 1. The van der Waals surface area contributed by atoms with Gasteiger partial charge in [-0.1, -0.05) is 18.2 Å². The SMILES string of the molecule is Cc1cc2ccccc2n1CCCNC(=O)c1ccc(C#N)cc1. The molecular weight excluding hydrogens is 298 g/mol. The zero-order chi connectivity index (χ0) is 16.9. The maximum atomic E-state index is 12.1. The Hall–Kier alpha value is -3.06. The van der Waals surface area contributed by atoms with Crippen molar-refractivity contribution in [2.45, 2.75) is 19.9 Å². The molecule has 0 radical (unpaired) electrons. The summed E-state index contributed by atoms with van der Waals surface area (Å²) in [6.45, 7) is 3.59. The molecule has 2 aromatic carbocycles. The van der Waals surface area contributed by atoms with E-state index in [2.05, 4.69) is 35.0 Å². The van der Waals surface area contributed by atoms with Gasteiger partial charge in [0.05, 0.1) is 11.6 Å². The quantitative estimate of drug-likeness (QED) is 0.730. The van der Waals surface area contributed by atoms with Crippen molar-refractivity contribution in [3.8, 4) is 6.07 Å². The number of aryl methyl sites for hydroxylation is 2. The molecular formula is C20H19N3O. The Morgan fingerprint density at radius 2 is 1.92 bits per heavy atom. The molecule has 0 atom stereocenters. The van der Waals surface area contributed by atoms with Gasteiger partial charge in [-0.15, -0.1) is 0 Å². The van der Waals surface area contributed by atoms with E-state index in [1.54, 1.807) is 24.3 Å². The third-order valence-corrected chi connectivity index (χ3v) is 4.14. The molecule has 120 valence electrons. The van der Waals surface area contributed by atoms with E-state index in [0.29, 0.717) is 17.7 Å². The number of fused-ring (bicyclic) bond motifs is 1. The molecule has 1 heterocycles. The Kier molecular flexibility index (Phi) is 4.62. The molecule has 0 aliphatic carbocycles. The number of aromatic nitrogens is 1. The van der Waals surface area contributed by atoms with Crippen molar-refractivity contribution in [2.75, 3.05) is 6.54 Å². The third kappa shape index (κ3) is 3.31. The minimum absolute atomic E-state index is 0.103. The first-order valence-electron chi connectivity index (χ1n) is 8.02. The Morgan fingerprint density at radius 1 is 1.17 bits per heavy atom. The van der Waals surface area contributed by atoms with Gasteiger partial charge < -0.3 is 9.88 Å². The molecule has 4 heteroatoms. The van der Waals surface area contributed by atoms with Crippen LogP contribution in [-0.2, 0) is 6.54 Å². The molecule has 0 unspecified atom stereocenters. The summed E-state index contributed by atoms with van der Waals surface area (Å²) in [4.78, 5) is 12.1. The summed E-state index contributed by atoms with van der Waals surface area (Å²) < 4.78 is 2.28. The molecule has 1 aromatic heterocycles. The standard InChI is InChI=1S/C20H19N3O/c1-15-13-18-5-2-3-6-19(18)23(15)12-4-11-22-20(24)17-9-7-16(14-21)8-10-17/h2-3,5-10,13H,4,11-12H2,1H3,(H,22,24). The summed E-state index contributed by atoms with van der Waals surface area (Å²) in [5, 5.41) is 13.0. The lowest BCUT2D eigenvalue weighted by molar-refractivity contribution is 0.0953. The van der Waals surface area contributed by atoms with Crippen molar-refractivity contribution in [1.29, 1.82) is 5.26 Å². The van der Waals surface area contributed by atoms with Crippen LogP contribution < -0.4 is 5.32 Å². The molecule has 1 N–H and O–H groups in total. The van der Waals surface area contributed by atoms with Crippen LogP contribution in [0, 0.1) is 18.3 Å². The number of para-hydroxylation sites is 1. The molecule has 0 saturated carbocycles. The lowest BCUT2D eigenvalue weighted by Gasteiger charge is -2.09. The third-order valence-electron chi connectivity index (χ3n) is 4.14. The van der Waals surface area contributed by atoms with Crippen LogP contribution >= 0.6 is 0 Å². The fraction of sp³-hybridized carbons (Fsp3) is 0.200. The van der Waals surface area contributed by atoms with Crippen molar-refractivity contribution in [3.05, 3.63) is 71.4 Å². The van der Waals surface area contributed by atoms with Gasteiger partial charge in [0.15, 0.2) is 0 Å². The number of hydrogen-bond donors (Lipinski definition) is 1. The molecule has 3 rings (SSSR count). The number of benzene rings is 2. The smallest absolute Gasteiger partial charge is 0.251 e. The number of rotatable bonds is 5. The molecule has 3 aromatic rings. The van der Waals surface area contributed by atoms with E-state index in [1.807, 2.05) is 18.2 Å². The molecule has 0 saturated heterocycles. The zero-order valence-electron chi connectivity index (χ0n) is 13.6. The lowest BCUT2D eigenvalue weighted by Crippen LogP contribution is -2.25. The summed E-state index contributed by atoms with van der Waals surface area (Å²) in [6, 6.07) is 19.2. The van der Waals surface area contributed by atoms with Gasteiger partial charge in [-0.2, -0.15) is 5.26 Å². The summed E-state index contributed by atoms with van der Waals surface area (Å²) in [5.41, 5.74) is 3.60. The fourth-order valence-corrected chi connectivity index (χ4v) is 2.88. The summed E-state index contributed by atoms with van der Waals surface area (Å²) in [5.74, 6) is -0.103. The number of nitrogens with one attached hydrogen (secondary N) is 1. The highest BCUT2D eigenvalue weighted by Crippen LogP contribution is 2.19. The fourth-order valence-electron chi connectivity index (χ4n) is 2.88. The predicted octanol–water partition coefficient (Wildman–Crippen LogP) is 3.64. The van der Waals surface area contributed by atoms with Gasteiger partial charge in [0.1, 0.15) is 0 Å². The number of nitrogens with zero attached hydrogens (tertiary/aromatic N) is 2. The second-order valence-corrected chi connectivity index (χ2v) is 5.79. The zero-order valence-corrected chi connectivity index (χ0v) is 13.6. The van der Waals surface area contributed by atoms with E-state index in [1.165, 1.54) is 16.6 Å². The van der Waals surface area contributed by atoms with E-state index in [9.17, 15) is 4.79 Å². The highest BCUT2D eigenvalue weighted by Gasteiger charge is 2.06. The van der Waals surface area contributed by atoms with Crippen molar-refractivity contribution >= 4 is 16.8 Å². The van der Waals surface area contributed by atoms with Crippen molar-refractivity contribution in [1.82, 2.24) is 9.88 Å². The number of carbonyl (C=O) groups is 1. The van der Waals surface area contributed by atoms with Gasteiger partial charge >= 0.3 is 0 Å². The monoisotopic (exact) mass is 317 g/mol. The van der Waals surface area contributed by atoms with Crippen LogP contribution in [0.5, 0.6) is 0 Å². The minimum atomic E-state index is -0.103. The largest absolute Gasteiger partial charge is 0.352 e. The lowest BCUT2D eigenvalue weighted by atomic mass is 10.1. The van der Waals surface area contributed by atoms with Crippen molar-refractivity contribution < 1.29 is 4.79 Å². The van der Waals surface area contributed by atoms with Gasteiger partial charge in [-0.05, 0) is 55.1 Å². The van der Waals surface area contributed by atoms with E-state index in [4.69, 9.17) is 5.26 Å². The van der Waals surface area contributed by atoms with E-state index < -0.39 is 0 Å². The van der Waals surface area contributed by atoms with Crippen molar-refractivity contribution in [3.63, 3.8) is 0 Å². The average molecular weight is 317 g/mol. The molecule has 0 spiro atoms. The molecule has 0 fully saturated rings. The van der Waals surface area contributed by atoms with E-state index >= 15 is 0 Å². The van der Waals surface area contributed by atoms with Gasteiger partial charge in [-0.25, -0.2) is 0 Å². The van der Waals surface area contributed by atoms with Crippen LogP contribution in [0.4, 0.5) is 0 Å². The molecule has 0 aliphatic heterocycles. The Morgan fingerprint density at radius 3 is 2.67 bits per heavy atom. The van der Waals surface area contributed by atoms with Crippen LogP contribution in [0.3, 0.4) is 0 Å². The van der Waals surface area contributed by atoms with Crippen LogP contribution in [-0.4, -0.2) is 17.0 Å². The van der Waals surface area contributed by atoms with Gasteiger partial charge in [0.2, 0.25) is 0 Å². The first-order chi connectivity index (χ1) is 11.7. The minimum Gasteiger partial charge on any atom is -0.352 e. The maximum absolute atomic E-state index is 12.1. The Labute approximate surface area is 141 Å². The van der Waals surface area contributed by atoms with Crippen LogP contribution in [0.25, 0.3) is 10.9 Å². The maximum Gasteiger partial charge on any atom is 0.251 e. The highest BCUT2D eigenvalue weighted by molar-refractivity contribution is 5.94. The van der Waals surface area contributed by atoms with Crippen molar-refractivity contribution in [2.24, 2.45) is 0 Å². The first kappa shape index (κ1) is 15.8. The average Bonchev–Trinajstić information content (AvgIpc) is 2.94. The molecule has 0 bridgehead atoms. The van der Waals surface area contributed by atoms with E-state index in [-0.39, 0.29) is 5.91 Å². The summed E-state index contributed by atoms with van der Waals surface area (Å²) in [7, 11) is 0. The first-order valence-corrected chi connectivity index (χ1v) is 8.02. The molecule has 24 heavy (non-hydrogen) atoms. The molecule has 0 aliphatic rings. The Balaban J connectivity index is 1.55. The summed E-state index contributed by atoms with van der Waals surface area (Å²) in [6.07, 6.45) is 0.863. The summed E-state index contributed by atoms with van der Waals surface area (Å²) >= 11 is 0. The number of hydrogen-bond acceptors (Lipinski definition) is 2. The van der Waals surface area contributed by atoms with Gasteiger partial charge in [0, 0.05) is 29.9 Å². The van der Waals surface area contributed by atoms with Gasteiger partial charge in [0.25, 0.3) is 5.91 Å². The normalized spacial score (nSPS) is 10.5. The number of nitriles is 1. The second kappa shape index (κ2) is 7.01. The molecule has 4 nitrogen and oxygen atoms in total. The molecule has 1 amide bonds. The topological polar surface area (TPSA) is 57.8 Å². The van der Waals surface area contributed by atoms with Crippen LogP contribution in [0.15, 0.2) is 54.6 Å². The van der Waals surface area contributed by atoms with E-state index in [0.717, 1.165) is 13.0 Å². The highest BCUT2D eigenvalue weighted by atomic mass is 16.1. The van der Waals surface area contributed by atoms with Gasteiger partial charge in [-0.3, -0.25) is 4.79 Å². The predicted molar refractivity (Wildman–Crippen MR) is 94.8 cm³/mol.